The number of aromatic nitrogens is 2. The van der Waals surface area contributed by atoms with Gasteiger partial charge in [-0.1, -0.05) is 0 Å². The SMILES string of the molecule is CC(N)C1CCN(C(=O)c2c[nH]c(=O)[nH]2)CC1. The van der Waals surface area contributed by atoms with E-state index in [1.165, 1.54) is 6.20 Å². The molecule has 1 fully saturated rings. The van der Waals surface area contributed by atoms with Crippen molar-refractivity contribution in [3.8, 4) is 0 Å². The Hall–Kier alpha value is -1.56. The lowest BCUT2D eigenvalue weighted by atomic mass is 9.91. The van der Waals surface area contributed by atoms with Crippen molar-refractivity contribution in [2.24, 2.45) is 11.7 Å². The fourth-order valence-electron chi connectivity index (χ4n) is 2.25. The first-order valence-corrected chi connectivity index (χ1v) is 5.90. The molecule has 1 aliphatic heterocycles. The number of nitrogens with two attached hydrogens (primary N) is 1. The lowest BCUT2D eigenvalue weighted by Crippen LogP contribution is -2.42. The standard InChI is InChI=1S/C11H18N4O2/c1-7(12)8-2-4-15(5-3-8)10(16)9-6-13-11(17)14-9/h6-8H,2-5,12H2,1H3,(H2,13,14,17). The predicted molar refractivity (Wildman–Crippen MR) is 63.7 cm³/mol. The number of amides is 1. The Morgan fingerprint density at radius 3 is 2.65 bits per heavy atom. The minimum absolute atomic E-state index is 0.119. The summed E-state index contributed by atoms with van der Waals surface area (Å²) >= 11 is 0. The molecule has 1 amide bonds. The zero-order valence-electron chi connectivity index (χ0n) is 9.90. The Kier molecular flexibility index (Phi) is 3.33. The van der Waals surface area contributed by atoms with Crippen LogP contribution in [0.2, 0.25) is 0 Å². The third kappa shape index (κ3) is 2.58. The first kappa shape index (κ1) is 11.9. The third-order valence-corrected chi connectivity index (χ3v) is 3.40. The van der Waals surface area contributed by atoms with Crippen molar-refractivity contribution in [1.29, 1.82) is 0 Å². The fourth-order valence-corrected chi connectivity index (χ4v) is 2.25. The maximum Gasteiger partial charge on any atom is 0.323 e. The molecular weight excluding hydrogens is 220 g/mol. The highest BCUT2D eigenvalue weighted by atomic mass is 16.2. The van der Waals surface area contributed by atoms with Gasteiger partial charge in [-0.05, 0) is 25.7 Å². The molecule has 6 heteroatoms. The van der Waals surface area contributed by atoms with Crippen LogP contribution in [0.25, 0.3) is 0 Å². The number of nitrogens with one attached hydrogen (secondary N) is 2. The summed E-state index contributed by atoms with van der Waals surface area (Å²) in [5.74, 6) is 0.371. The molecule has 0 saturated carbocycles. The molecule has 1 atom stereocenters. The van der Waals surface area contributed by atoms with Crippen LogP contribution in [-0.2, 0) is 0 Å². The van der Waals surface area contributed by atoms with Crippen LogP contribution in [0.4, 0.5) is 0 Å². The van der Waals surface area contributed by atoms with Gasteiger partial charge in [-0.25, -0.2) is 4.79 Å². The number of carbonyl (C=O) groups is 1. The molecule has 1 aliphatic rings. The van der Waals surface area contributed by atoms with Gasteiger partial charge in [0, 0.05) is 25.3 Å². The zero-order valence-corrected chi connectivity index (χ0v) is 9.90. The second-order valence-corrected chi connectivity index (χ2v) is 4.65. The lowest BCUT2D eigenvalue weighted by Gasteiger charge is -2.33. The number of carbonyl (C=O) groups excluding carboxylic acids is 1. The van der Waals surface area contributed by atoms with E-state index in [0.29, 0.717) is 24.7 Å². The number of hydrogen-bond acceptors (Lipinski definition) is 3. The van der Waals surface area contributed by atoms with Crippen LogP contribution < -0.4 is 11.4 Å². The summed E-state index contributed by atoms with van der Waals surface area (Å²) in [4.78, 5) is 29.6. The highest BCUT2D eigenvalue weighted by Gasteiger charge is 2.25. The van der Waals surface area contributed by atoms with E-state index in [1.807, 2.05) is 6.92 Å². The van der Waals surface area contributed by atoms with Crippen molar-refractivity contribution in [1.82, 2.24) is 14.9 Å². The second kappa shape index (κ2) is 4.75. The van der Waals surface area contributed by atoms with Crippen molar-refractivity contribution < 1.29 is 4.79 Å². The molecule has 0 aliphatic carbocycles. The average Bonchev–Trinajstić information content (AvgIpc) is 2.75. The fraction of sp³-hybridized carbons (Fsp3) is 0.636. The van der Waals surface area contributed by atoms with Gasteiger partial charge in [-0.3, -0.25) is 4.79 Å². The summed E-state index contributed by atoms with van der Waals surface area (Å²) in [5, 5.41) is 0. The molecule has 1 unspecified atom stereocenters. The second-order valence-electron chi connectivity index (χ2n) is 4.65. The molecule has 0 spiro atoms. The van der Waals surface area contributed by atoms with Gasteiger partial charge in [0.2, 0.25) is 0 Å². The van der Waals surface area contributed by atoms with Gasteiger partial charge < -0.3 is 20.6 Å². The molecule has 17 heavy (non-hydrogen) atoms. The van der Waals surface area contributed by atoms with E-state index in [4.69, 9.17) is 5.73 Å². The minimum Gasteiger partial charge on any atom is -0.337 e. The molecule has 1 saturated heterocycles. The number of imidazole rings is 1. The van der Waals surface area contributed by atoms with Crippen LogP contribution in [-0.4, -0.2) is 39.9 Å². The van der Waals surface area contributed by atoms with Gasteiger partial charge in [0.1, 0.15) is 5.69 Å². The maximum absolute atomic E-state index is 12.0. The van der Waals surface area contributed by atoms with Crippen molar-refractivity contribution in [2.75, 3.05) is 13.1 Å². The summed E-state index contributed by atoms with van der Waals surface area (Å²) < 4.78 is 0. The summed E-state index contributed by atoms with van der Waals surface area (Å²) in [6, 6.07) is 0.180. The molecule has 0 bridgehead atoms. The van der Waals surface area contributed by atoms with Crippen LogP contribution >= 0.6 is 0 Å². The smallest absolute Gasteiger partial charge is 0.323 e. The topological polar surface area (TPSA) is 95.0 Å². The van der Waals surface area contributed by atoms with Gasteiger partial charge in [-0.15, -0.1) is 0 Å². The number of nitrogens with zero attached hydrogens (tertiary/aromatic N) is 1. The number of rotatable bonds is 2. The Labute approximate surface area is 99.2 Å². The summed E-state index contributed by atoms with van der Waals surface area (Å²) in [5.41, 5.74) is 5.83. The van der Waals surface area contributed by atoms with Crippen LogP contribution in [0, 0.1) is 5.92 Å². The Morgan fingerprint density at radius 2 is 2.18 bits per heavy atom. The van der Waals surface area contributed by atoms with Crippen molar-refractivity contribution in [3.05, 3.63) is 22.4 Å². The molecule has 0 radical (unpaired) electrons. The highest BCUT2D eigenvalue weighted by Crippen LogP contribution is 2.20. The van der Waals surface area contributed by atoms with Crippen LogP contribution in [0.1, 0.15) is 30.3 Å². The number of piperidine rings is 1. The number of likely N-dealkylation sites (tertiary alicyclic amines) is 1. The van der Waals surface area contributed by atoms with E-state index in [2.05, 4.69) is 9.97 Å². The van der Waals surface area contributed by atoms with Crippen molar-refractivity contribution in [2.45, 2.75) is 25.8 Å². The molecule has 2 heterocycles. The molecule has 1 aromatic rings. The normalized spacial score (nSPS) is 19.3. The maximum atomic E-state index is 12.0. The van der Waals surface area contributed by atoms with E-state index in [-0.39, 0.29) is 17.6 Å². The number of H-pyrrole nitrogens is 2. The van der Waals surface area contributed by atoms with Crippen LogP contribution in [0.3, 0.4) is 0 Å². The molecule has 6 nitrogen and oxygen atoms in total. The largest absolute Gasteiger partial charge is 0.337 e. The number of hydrogen-bond donors (Lipinski definition) is 3. The van der Waals surface area contributed by atoms with E-state index >= 15 is 0 Å². The predicted octanol–water partition coefficient (Wildman–Crippen LogP) is -0.0976. The molecule has 4 N–H and O–H groups in total. The van der Waals surface area contributed by atoms with Gasteiger partial charge in [0.25, 0.3) is 5.91 Å². The first-order valence-electron chi connectivity index (χ1n) is 5.90. The van der Waals surface area contributed by atoms with Crippen molar-refractivity contribution >= 4 is 5.91 Å². The van der Waals surface area contributed by atoms with Gasteiger partial charge in [-0.2, -0.15) is 0 Å². The summed E-state index contributed by atoms with van der Waals surface area (Å²) in [6.45, 7) is 3.42. The summed E-state index contributed by atoms with van der Waals surface area (Å²) in [7, 11) is 0. The van der Waals surface area contributed by atoms with E-state index in [0.717, 1.165) is 12.8 Å². The Bertz CT molecular complexity index is 440. The average molecular weight is 238 g/mol. The van der Waals surface area contributed by atoms with Gasteiger partial charge >= 0.3 is 5.69 Å². The molecule has 0 aromatic carbocycles. The monoisotopic (exact) mass is 238 g/mol. The van der Waals surface area contributed by atoms with Gasteiger partial charge in [0.15, 0.2) is 0 Å². The zero-order chi connectivity index (χ0) is 12.4. The minimum atomic E-state index is -0.348. The quantitative estimate of drug-likeness (QED) is 0.671. The van der Waals surface area contributed by atoms with Crippen molar-refractivity contribution in [3.63, 3.8) is 0 Å². The van der Waals surface area contributed by atoms with E-state index in [1.54, 1.807) is 4.90 Å². The molecule has 2 rings (SSSR count). The first-order chi connectivity index (χ1) is 8.08. The third-order valence-electron chi connectivity index (χ3n) is 3.40. The molecular formula is C11H18N4O2. The highest BCUT2D eigenvalue weighted by molar-refractivity contribution is 5.92. The summed E-state index contributed by atoms with van der Waals surface area (Å²) in [6.07, 6.45) is 3.28. The molecule has 1 aromatic heterocycles. The van der Waals surface area contributed by atoms with E-state index < -0.39 is 0 Å². The van der Waals surface area contributed by atoms with Gasteiger partial charge in [0.05, 0.1) is 0 Å². The van der Waals surface area contributed by atoms with Crippen LogP contribution in [0.15, 0.2) is 11.0 Å². The Balaban J connectivity index is 1.97. The lowest BCUT2D eigenvalue weighted by molar-refractivity contribution is 0.0675. The van der Waals surface area contributed by atoms with E-state index in [9.17, 15) is 9.59 Å². The van der Waals surface area contributed by atoms with Crippen LogP contribution in [0.5, 0.6) is 0 Å². The molecule has 94 valence electrons. The Morgan fingerprint density at radius 1 is 1.53 bits per heavy atom. The number of aromatic amines is 2.